The number of aliphatic carboxylic acids is 1. The molecule has 0 saturated carbocycles. The third kappa shape index (κ3) is 8.71. The standard InChI is InChI=1S/C13H26N2O5/c1-15(8-4-3-5-9-16)13(19)14-11(12(17)18)7-6-10-20-2/h11,16H,3-10H2,1-2H3,(H,14,19)(H,17,18). The zero-order chi connectivity index (χ0) is 15.4. The van der Waals surface area contributed by atoms with E-state index >= 15 is 0 Å². The average molecular weight is 290 g/mol. The van der Waals surface area contributed by atoms with E-state index in [1.807, 2.05) is 0 Å². The summed E-state index contributed by atoms with van der Waals surface area (Å²) in [6.45, 7) is 1.16. The van der Waals surface area contributed by atoms with Crippen molar-refractivity contribution < 1.29 is 24.5 Å². The number of methoxy groups -OCH3 is 1. The fraction of sp³-hybridized carbons (Fsp3) is 0.846. The predicted octanol–water partition coefficient (Wildman–Crippen LogP) is 0.670. The molecule has 0 radical (unpaired) electrons. The van der Waals surface area contributed by atoms with Gasteiger partial charge in [-0.2, -0.15) is 0 Å². The third-order valence-electron chi connectivity index (χ3n) is 2.94. The zero-order valence-electron chi connectivity index (χ0n) is 12.3. The predicted molar refractivity (Wildman–Crippen MR) is 74.6 cm³/mol. The summed E-state index contributed by atoms with van der Waals surface area (Å²) >= 11 is 0. The van der Waals surface area contributed by atoms with Gasteiger partial charge in [-0.3, -0.25) is 0 Å². The molecule has 0 rings (SSSR count). The van der Waals surface area contributed by atoms with Crippen molar-refractivity contribution in [2.24, 2.45) is 0 Å². The highest BCUT2D eigenvalue weighted by Gasteiger charge is 2.21. The van der Waals surface area contributed by atoms with E-state index in [4.69, 9.17) is 14.9 Å². The molecule has 0 aromatic heterocycles. The van der Waals surface area contributed by atoms with Crippen molar-refractivity contribution in [2.45, 2.75) is 38.1 Å². The monoisotopic (exact) mass is 290 g/mol. The maximum atomic E-state index is 11.8. The lowest BCUT2D eigenvalue weighted by Crippen LogP contribution is -2.47. The molecule has 0 aliphatic carbocycles. The summed E-state index contributed by atoms with van der Waals surface area (Å²) < 4.78 is 4.86. The number of carboxylic acid groups (broad SMARTS) is 1. The number of rotatable bonds is 11. The van der Waals surface area contributed by atoms with Crippen molar-refractivity contribution in [2.75, 3.05) is 33.9 Å². The van der Waals surface area contributed by atoms with Crippen LogP contribution in [0.3, 0.4) is 0 Å². The molecule has 0 aromatic rings. The number of carboxylic acids is 1. The fourth-order valence-electron chi connectivity index (χ4n) is 1.69. The molecular formula is C13H26N2O5. The Hall–Kier alpha value is -1.34. The van der Waals surface area contributed by atoms with Gasteiger partial charge in [0.25, 0.3) is 0 Å². The molecule has 0 bridgehead atoms. The van der Waals surface area contributed by atoms with Crippen molar-refractivity contribution in [1.29, 1.82) is 0 Å². The van der Waals surface area contributed by atoms with Gasteiger partial charge in [-0.1, -0.05) is 0 Å². The summed E-state index contributed by atoms with van der Waals surface area (Å²) in [6, 6.07) is -1.28. The Morgan fingerprint density at radius 3 is 2.50 bits per heavy atom. The van der Waals surface area contributed by atoms with Crippen LogP contribution in [0.5, 0.6) is 0 Å². The lowest BCUT2D eigenvalue weighted by Gasteiger charge is -2.21. The number of hydrogen-bond donors (Lipinski definition) is 3. The van der Waals surface area contributed by atoms with E-state index in [1.54, 1.807) is 14.2 Å². The molecule has 0 aliphatic heterocycles. The van der Waals surface area contributed by atoms with Crippen LogP contribution < -0.4 is 5.32 Å². The van der Waals surface area contributed by atoms with Gasteiger partial charge in [0.05, 0.1) is 0 Å². The van der Waals surface area contributed by atoms with Crippen LogP contribution in [-0.4, -0.2) is 67.1 Å². The molecule has 0 fully saturated rings. The number of unbranched alkanes of at least 4 members (excludes halogenated alkanes) is 2. The van der Waals surface area contributed by atoms with Gasteiger partial charge in [-0.25, -0.2) is 9.59 Å². The zero-order valence-corrected chi connectivity index (χ0v) is 12.3. The summed E-state index contributed by atoms with van der Waals surface area (Å²) in [5.41, 5.74) is 0. The minimum atomic E-state index is -1.04. The fourth-order valence-corrected chi connectivity index (χ4v) is 1.69. The van der Waals surface area contributed by atoms with E-state index in [-0.39, 0.29) is 12.6 Å². The number of hydrogen-bond acceptors (Lipinski definition) is 4. The maximum Gasteiger partial charge on any atom is 0.326 e. The highest BCUT2D eigenvalue weighted by molar-refractivity contribution is 5.82. The van der Waals surface area contributed by atoms with Crippen molar-refractivity contribution in [3.8, 4) is 0 Å². The van der Waals surface area contributed by atoms with E-state index in [1.165, 1.54) is 4.90 Å². The van der Waals surface area contributed by atoms with Gasteiger partial charge in [0.15, 0.2) is 0 Å². The Morgan fingerprint density at radius 1 is 1.25 bits per heavy atom. The number of carbonyl (C=O) groups excluding carboxylic acids is 1. The molecule has 0 aromatic carbocycles. The van der Waals surface area contributed by atoms with E-state index in [0.29, 0.717) is 32.4 Å². The second-order valence-electron chi connectivity index (χ2n) is 4.68. The number of urea groups is 1. The van der Waals surface area contributed by atoms with E-state index in [2.05, 4.69) is 5.32 Å². The quantitative estimate of drug-likeness (QED) is 0.486. The van der Waals surface area contributed by atoms with E-state index < -0.39 is 12.0 Å². The maximum absolute atomic E-state index is 11.8. The smallest absolute Gasteiger partial charge is 0.326 e. The molecule has 0 heterocycles. The Kier molecular flexibility index (Phi) is 10.7. The molecule has 20 heavy (non-hydrogen) atoms. The molecule has 0 aliphatic rings. The highest BCUT2D eigenvalue weighted by atomic mass is 16.5. The van der Waals surface area contributed by atoms with E-state index in [9.17, 15) is 9.59 Å². The van der Waals surface area contributed by atoms with Gasteiger partial charge in [0.2, 0.25) is 0 Å². The Balaban J connectivity index is 4.06. The van der Waals surface area contributed by atoms with Crippen LogP contribution in [0.25, 0.3) is 0 Å². The Labute approximate surface area is 119 Å². The second-order valence-corrected chi connectivity index (χ2v) is 4.68. The highest BCUT2D eigenvalue weighted by Crippen LogP contribution is 2.01. The molecule has 1 atom stereocenters. The molecular weight excluding hydrogens is 264 g/mol. The van der Waals surface area contributed by atoms with Crippen LogP contribution in [0.15, 0.2) is 0 Å². The summed E-state index contributed by atoms with van der Waals surface area (Å²) in [6.07, 6.45) is 3.25. The number of amides is 2. The number of nitrogens with one attached hydrogen (secondary N) is 1. The van der Waals surface area contributed by atoms with Crippen molar-refractivity contribution in [3.05, 3.63) is 0 Å². The van der Waals surface area contributed by atoms with Crippen LogP contribution in [0, 0.1) is 0 Å². The van der Waals surface area contributed by atoms with Crippen molar-refractivity contribution >= 4 is 12.0 Å². The first-order chi connectivity index (χ1) is 9.52. The Bertz CT molecular complexity index is 286. The third-order valence-corrected chi connectivity index (χ3v) is 2.94. The Morgan fingerprint density at radius 2 is 1.95 bits per heavy atom. The molecule has 3 N–H and O–H groups in total. The molecule has 7 heteroatoms. The van der Waals surface area contributed by atoms with Gasteiger partial charge >= 0.3 is 12.0 Å². The molecule has 0 spiro atoms. The van der Waals surface area contributed by atoms with Crippen LogP contribution in [0.2, 0.25) is 0 Å². The lowest BCUT2D eigenvalue weighted by molar-refractivity contribution is -0.139. The number of carbonyl (C=O) groups is 2. The first kappa shape index (κ1) is 18.7. The SMILES string of the molecule is COCCCC(NC(=O)N(C)CCCCCO)C(=O)O. The largest absolute Gasteiger partial charge is 0.480 e. The lowest BCUT2D eigenvalue weighted by atomic mass is 10.1. The number of nitrogens with zero attached hydrogens (tertiary/aromatic N) is 1. The topological polar surface area (TPSA) is 99.1 Å². The van der Waals surface area contributed by atoms with Crippen LogP contribution in [0.1, 0.15) is 32.1 Å². The summed E-state index contributed by atoms with van der Waals surface area (Å²) in [5.74, 6) is -1.04. The van der Waals surface area contributed by atoms with Crippen LogP contribution in [-0.2, 0) is 9.53 Å². The minimum Gasteiger partial charge on any atom is -0.480 e. The van der Waals surface area contributed by atoms with Crippen molar-refractivity contribution in [3.63, 3.8) is 0 Å². The second kappa shape index (κ2) is 11.5. The van der Waals surface area contributed by atoms with Crippen molar-refractivity contribution in [1.82, 2.24) is 10.2 Å². The molecule has 7 nitrogen and oxygen atoms in total. The van der Waals surface area contributed by atoms with E-state index in [0.717, 1.165) is 12.8 Å². The van der Waals surface area contributed by atoms with Crippen LogP contribution >= 0.6 is 0 Å². The number of aliphatic hydroxyl groups excluding tert-OH is 1. The molecule has 118 valence electrons. The van der Waals surface area contributed by atoms with Gasteiger partial charge in [-0.05, 0) is 32.1 Å². The summed E-state index contributed by atoms with van der Waals surface area (Å²) in [7, 11) is 3.18. The normalized spacial score (nSPS) is 11.9. The number of aliphatic hydroxyl groups is 1. The first-order valence-corrected chi connectivity index (χ1v) is 6.87. The molecule has 0 saturated heterocycles. The van der Waals surface area contributed by atoms with Gasteiger partial charge in [0, 0.05) is 33.9 Å². The van der Waals surface area contributed by atoms with Gasteiger partial charge in [0.1, 0.15) is 6.04 Å². The summed E-state index contributed by atoms with van der Waals surface area (Å²) in [4.78, 5) is 24.3. The molecule has 1 unspecified atom stereocenters. The summed E-state index contributed by atoms with van der Waals surface area (Å²) in [5, 5.41) is 20.2. The minimum absolute atomic E-state index is 0.149. The molecule has 2 amide bonds. The average Bonchev–Trinajstić information content (AvgIpc) is 2.42. The van der Waals surface area contributed by atoms with Crippen LogP contribution in [0.4, 0.5) is 4.79 Å². The van der Waals surface area contributed by atoms with Gasteiger partial charge < -0.3 is 25.2 Å². The van der Waals surface area contributed by atoms with Gasteiger partial charge in [-0.15, -0.1) is 0 Å². The number of ether oxygens (including phenoxy) is 1. The first-order valence-electron chi connectivity index (χ1n) is 6.87.